The predicted molar refractivity (Wildman–Crippen MR) is 140 cm³/mol. The zero-order valence-corrected chi connectivity index (χ0v) is 21.2. The summed E-state index contributed by atoms with van der Waals surface area (Å²) in [6, 6.07) is 9.67. The molecule has 1 aliphatic rings. The van der Waals surface area contributed by atoms with Gasteiger partial charge >= 0.3 is 0 Å². The van der Waals surface area contributed by atoms with Crippen molar-refractivity contribution in [1.82, 2.24) is 44.6 Å². The quantitative estimate of drug-likeness (QED) is 0.256. The maximum atomic E-state index is 14.8. The third-order valence-electron chi connectivity index (χ3n) is 6.55. The first-order valence-corrected chi connectivity index (χ1v) is 12.2. The number of nitrogens with one attached hydrogen (secondary N) is 1. The molecule has 1 saturated heterocycles. The van der Waals surface area contributed by atoms with Crippen LogP contribution in [0.3, 0.4) is 0 Å². The first-order valence-electron chi connectivity index (χ1n) is 12.2. The molecule has 39 heavy (non-hydrogen) atoms. The number of hydrogen-bond acceptors (Lipinski definition) is 9. The van der Waals surface area contributed by atoms with Crippen LogP contribution in [0.25, 0.3) is 22.4 Å². The van der Waals surface area contributed by atoms with Crippen molar-refractivity contribution in [3.8, 4) is 11.5 Å². The molecule has 5 heterocycles. The molecule has 5 aromatic rings. The molecular weight excluding hydrogens is 505 g/mol. The molecule has 14 heteroatoms. The second kappa shape index (κ2) is 9.63. The normalized spacial score (nSPS) is 13.7. The van der Waals surface area contributed by atoms with Crippen LogP contribution < -0.4 is 9.80 Å². The van der Waals surface area contributed by atoms with Gasteiger partial charge in [-0.3, -0.25) is 9.59 Å². The monoisotopic (exact) mass is 529 g/mol. The molecule has 0 unspecified atom stereocenters. The number of halogens is 1. The Balaban J connectivity index is 1.22. The predicted octanol–water partition coefficient (Wildman–Crippen LogP) is 1.46. The summed E-state index contributed by atoms with van der Waals surface area (Å²) < 4.78 is 17.9. The number of rotatable bonds is 6. The van der Waals surface area contributed by atoms with E-state index in [9.17, 15) is 14.0 Å². The Morgan fingerprint density at radius 2 is 1.85 bits per heavy atom. The number of ketones is 1. The van der Waals surface area contributed by atoms with E-state index in [1.165, 1.54) is 22.0 Å². The van der Waals surface area contributed by atoms with Gasteiger partial charge in [0.2, 0.25) is 11.9 Å². The number of hydrogen-bond donors (Lipinski definition) is 1. The minimum absolute atomic E-state index is 0.0142. The number of aromatic nitrogens is 8. The maximum absolute atomic E-state index is 14.8. The molecule has 0 atom stereocenters. The van der Waals surface area contributed by atoms with Gasteiger partial charge in [0.15, 0.2) is 11.6 Å². The topological polar surface area (TPSA) is 134 Å². The molecule has 4 aromatic heterocycles. The average Bonchev–Trinajstić information content (AvgIpc) is 3.73. The standard InChI is InChI=1S/C25H24FN11O2/c1-33(2)24-30-25(37(31-24)16-6-4-3-5-7-16)35-12-10-34(11-13-35)23(39)21(38)17-14-27-20-19(17)18(26)15-28-22(20)36-9-8-29-32-36/h3-9,14-15,27H,10-13H2,1-2H3. The summed E-state index contributed by atoms with van der Waals surface area (Å²) in [5, 5.41) is 12.2. The molecule has 1 N–H and O–H groups in total. The molecule has 1 aromatic carbocycles. The number of carbonyl (C=O) groups excluding carboxylic acids is 2. The Morgan fingerprint density at radius 1 is 1.08 bits per heavy atom. The average molecular weight is 530 g/mol. The van der Waals surface area contributed by atoms with Crippen LogP contribution in [0.5, 0.6) is 0 Å². The number of piperazine rings is 1. The number of benzene rings is 1. The van der Waals surface area contributed by atoms with Gasteiger partial charge in [0.1, 0.15) is 0 Å². The molecule has 6 rings (SSSR count). The van der Waals surface area contributed by atoms with E-state index in [4.69, 9.17) is 4.98 Å². The van der Waals surface area contributed by atoms with Gasteiger partial charge in [-0.05, 0) is 12.1 Å². The van der Waals surface area contributed by atoms with Crippen molar-refractivity contribution in [3.05, 3.63) is 66.5 Å². The second-order valence-corrected chi connectivity index (χ2v) is 9.19. The van der Waals surface area contributed by atoms with Crippen LogP contribution in [0.1, 0.15) is 10.4 Å². The van der Waals surface area contributed by atoms with Crippen molar-refractivity contribution >= 4 is 34.5 Å². The van der Waals surface area contributed by atoms with Crippen LogP contribution >= 0.6 is 0 Å². The van der Waals surface area contributed by atoms with Crippen molar-refractivity contribution in [3.63, 3.8) is 0 Å². The van der Waals surface area contributed by atoms with Gasteiger partial charge in [-0.1, -0.05) is 23.4 Å². The summed E-state index contributed by atoms with van der Waals surface area (Å²) in [7, 11) is 3.74. The highest BCUT2D eigenvalue weighted by atomic mass is 19.1. The number of pyridine rings is 1. The van der Waals surface area contributed by atoms with E-state index in [-0.39, 0.29) is 22.3 Å². The third kappa shape index (κ3) is 4.24. The second-order valence-electron chi connectivity index (χ2n) is 9.19. The third-order valence-corrected chi connectivity index (χ3v) is 6.55. The van der Waals surface area contributed by atoms with Crippen molar-refractivity contribution < 1.29 is 14.0 Å². The van der Waals surface area contributed by atoms with Crippen molar-refractivity contribution in [2.45, 2.75) is 0 Å². The SMILES string of the molecule is CN(C)c1nc(N2CCN(C(=O)C(=O)c3c[nH]c4c(-n5ccnn5)ncc(F)c34)CC2)n(-c2ccccc2)n1. The van der Waals surface area contributed by atoms with Gasteiger partial charge in [0, 0.05) is 46.5 Å². The summed E-state index contributed by atoms with van der Waals surface area (Å²) in [5.41, 5.74) is 1.06. The molecule has 0 saturated carbocycles. The number of Topliss-reactive ketones (excluding diaryl/α,β-unsaturated/α-hetero) is 1. The van der Waals surface area contributed by atoms with E-state index in [0.717, 1.165) is 11.9 Å². The first-order chi connectivity index (χ1) is 18.9. The van der Waals surface area contributed by atoms with Gasteiger partial charge in [0.25, 0.3) is 11.7 Å². The Bertz CT molecular complexity index is 1650. The molecule has 1 aliphatic heterocycles. The minimum Gasteiger partial charge on any atom is -0.357 e. The van der Waals surface area contributed by atoms with Crippen LogP contribution in [0.2, 0.25) is 0 Å². The van der Waals surface area contributed by atoms with E-state index >= 15 is 0 Å². The Labute approximate surface area is 221 Å². The Hall–Kier alpha value is -5.14. The molecule has 0 aliphatic carbocycles. The van der Waals surface area contributed by atoms with E-state index < -0.39 is 17.5 Å². The lowest BCUT2D eigenvalue weighted by Gasteiger charge is -2.34. The summed E-state index contributed by atoms with van der Waals surface area (Å²) in [6.45, 7) is 1.47. The minimum atomic E-state index is -0.799. The Kier molecular flexibility index (Phi) is 5.98. The number of H-pyrrole nitrogens is 1. The Morgan fingerprint density at radius 3 is 2.54 bits per heavy atom. The number of para-hydroxylation sites is 1. The molecular formula is C25H24FN11O2. The van der Waals surface area contributed by atoms with Crippen LogP contribution in [0.15, 0.2) is 55.1 Å². The molecule has 0 bridgehead atoms. The van der Waals surface area contributed by atoms with Crippen LogP contribution in [-0.2, 0) is 4.79 Å². The van der Waals surface area contributed by atoms with E-state index in [2.05, 4.69) is 25.4 Å². The zero-order valence-electron chi connectivity index (χ0n) is 21.2. The lowest BCUT2D eigenvalue weighted by Crippen LogP contribution is -2.51. The number of carbonyl (C=O) groups is 2. The largest absolute Gasteiger partial charge is 0.357 e. The van der Waals surface area contributed by atoms with Crippen molar-refractivity contribution in [1.29, 1.82) is 0 Å². The molecule has 0 spiro atoms. The summed E-state index contributed by atoms with van der Waals surface area (Å²) in [5.74, 6) is -0.741. The van der Waals surface area contributed by atoms with Gasteiger partial charge in [-0.25, -0.2) is 14.1 Å². The fourth-order valence-corrected chi connectivity index (χ4v) is 4.57. The number of aromatic amines is 1. The van der Waals surface area contributed by atoms with E-state index in [0.29, 0.717) is 38.1 Å². The molecule has 1 amide bonds. The highest BCUT2D eigenvalue weighted by Crippen LogP contribution is 2.27. The summed E-state index contributed by atoms with van der Waals surface area (Å²) in [4.78, 5) is 43.5. The van der Waals surface area contributed by atoms with Gasteiger partial charge < -0.3 is 19.7 Å². The first kappa shape index (κ1) is 24.2. The number of amides is 1. The number of fused-ring (bicyclic) bond motifs is 1. The molecule has 0 radical (unpaired) electrons. The molecule has 13 nitrogen and oxygen atoms in total. The lowest BCUT2D eigenvalue weighted by atomic mass is 10.1. The van der Waals surface area contributed by atoms with E-state index in [1.807, 2.05) is 54.2 Å². The molecule has 198 valence electrons. The van der Waals surface area contributed by atoms with Crippen molar-refractivity contribution in [2.24, 2.45) is 0 Å². The van der Waals surface area contributed by atoms with Crippen molar-refractivity contribution in [2.75, 3.05) is 50.1 Å². The van der Waals surface area contributed by atoms with Crippen LogP contribution in [0, 0.1) is 5.82 Å². The summed E-state index contributed by atoms with van der Waals surface area (Å²) >= 11 is 0. The number of nitrogens with zero attached hydrogens (tertiary/aromatic N) is 10. The number of anilines is 2. The van der Waals surface area contributed by atoms with E-state index in [1.54, 1.807) is 10.9 Å². The van der Waals surface area contributed by atoms with Crippen LogP contribution in [0.4, 0.5) is 16.3 Å². The van der Waals surface area contributed by atoms with Gasteiger partial charge in [-0.2, -0.15) is 9.67 Å². The van der Waals surface area contributed by atoms with Gasteiger partial charge in [-0.15, -0.1) is 10.2 Å². The maximum Gasteiger partial charge on any atom is 0.295 e. The highest BCUT2D eigenvalue weighted by Gasteiger charge is 2.31. The van der Waals surface area contributed by atoms with Crippen LogP contribution in [-0.4, -0.2) is 96.6 Å². The fraction of sp³-hybridized carbons (Fsp3) is 0.240. The lowest BCUT2D eigenvalue weighted by molar-refractivity contribution is -0.126. The fourth-order valence-electron chi connectivity index (χ4n) is 4.57. The zero-order chi connectivity index (χ0) is 27.1. The smallest absolute Gasteiger partial charge is 0.295 e. The van der Waals surface area contributed by atoms with Gasteiger partial charge in [0.05, 0.1) is 40.7 Å². The summed E-state index contributed by atoms with van der Waals surface area (Å²) in [6.07, 6.45) is 5.33. The molecule has 1 fully saturated rings. The highest BCUT2D eigenvalue weighted by molar-refractivity contribution is 6.45.